The Labute approximate surface area is 108 Å². The van der Waals surface area contributed by atoms with E-state index in [1.165, 1.54) is 12.8 Å². The molecule has 0 aromatic heterocycles. The molecule has 1 aliphatic rings. The maximum Gasteiger partial charge on any atom is 0.315 e. The Balaban J connectivity index is 1.63. The van der Waals surface area contributed by atoms with Crippen molar-refractivity contribution in [1.82, 2.24) is 16.0 Å². The highest BCUT2D eigenvalue weighted by molar-refractivity contribution is 5.73. The van der Waals surface area contributed by atoms with E-state index in [1.807, 2.05) is 30.3 Å². The fourth-order valence-corrected chi connectivity index (χ4v) is 2.18. The van der Waals surface area contributed by atoms with Crippen LogP contribution >= 0.6 is 0 Å². The molecule has 0 radical (unpaired) electrons. The summed E-state index contributed by atoms with van der Waals surface area (Å²) in [5.41, 5.74) is 1.12. The van der Waals surface area contributed by atoms with Crippen LogP contribution in [0.25, 0.3) is 0 Å². The largest absolute Gasteiger partial charge is 0.338 e. The normalized spacial score (nSPS) is 19.2. The molecule has 1 aromatic rings. The summed E-state index contributed by atoms with van der Waals surface area (Å²) in [7, 11) is 0. The van der Waals surface area contributed by atoms with Gasteiger partial charge in [-0.25, -0.2) is 4.79 Å². The third kappa shape index (κ3) is 4.37. The lowest BCUT2D eigenvalue weighted by Gasteiger charge is -2.22. The van der Waals surface area contributed by atoms with E-state index < -0.39 is 0 Å². The Morgan fingerprint density at radius 2 is 2.11 bits per heavy atom. The second kappa shape index (κ2) is 7.01. The van der Waals surface area contributed by atoms with Crippen LogP contribution in [0.5, 0.6) is 0 Å². The second-order valence-corrected chi connectivity index (χ2v) is 4.76. The lowest BCUT2D eigenvalue weighted by atomic mass is 10.00. The lowest BCUT2D eigenvalue weighted by molar-refractivity contribution is 0.236. The Bertz CT molecular complexity index is 361. The molecule has 4 nitrogen and oxygen atoms in total. The van der Waals surface area contributed by atoms with Gasteiger partial charge in [0.25, 0.3) is 0 Å². The van der Waals surface area contributed by atoms with Crippen LogP contribution in [0.1, 0.15) is 18.4 Å². The van der Waals surface area contributed by atoms with Gasteiger partial charge >= 0.3 is 6.03 Å². The molecule has 2 rings (SSSR count). The number of hydrogen-bond donors (Lipinski definition) is 3. The summed E-state index contributed by atoms with van der Waals surface area (Å²) in [6.07, 6.45) is 2.41. The number of urea groups is 1. The summed E-state index contributed by atoms with van der Waals surface area (Å²) in [6, 6.07) is 9.85. The maximum atomic E-state index is 11.6. The van der Waals surface area contributed by atoms with Crippen molar-refractivity contribution in [3.8, 4) is 0 Å². The van der Waals surface area contributed by atoms with Crippen molar-refractivity contribution in [3.05, 3.63) is 35.9 Å². The molecule has 18 heavy (non-hydrogen) atoms. The third-order valence-corrected chi connectivity index (χ3v) is 3.25. The molecule has 0 spiro atoms. The van der Waals surface area contributed by atoms with Crippen LogP contribution < -0.4 is 16.0 Å². The number of rotatable bonds is 4. The Kier molecular flexibility index (Phi) is 5.02. The fraction of sp³-hybridized carbons (Fsp3) is 0.500. The maximum absolute atomic E-state index is 11.6. The van der Waals surface area contributed by atoms with Crippen LogP contribution in [0.15, 0.2) is 30.3 Å². The molecule has 2 amide bonds. The number of piperidine rings is 1. The van der Waals surface area contributed by atoms with Crippen LogP contribution in [-0.4, -0.2) is 25.7 Å². The van der Waals surface area contributed by atoms with Crippen LogP contribution in [-0.2, 0) is 6.54 Å². The Hall–Kier alpha value is -1.55. The van der Waals surface area contributed by atoms with Gasteiger partial charge in [-0.15, -0.1) is 0 Å². The SMILES string of the molecule is O=C(NCc1ccccc1)NCC1CCCNC1. The van der Waals surface area contributed by atoms with Gasteiger partial charge in [0.15, 0.2) is 0 Å². The molecule has 3 N–H and O–H groups in total. The number of carbonyl (C=O) groups excluding carboxylic acids is 1. The lowest BCUT2D eigenvalue weighted by Crippen LogP contribution is -2.41. The van der Waals surface area contributed by atoms with E-state index in [-0.39, 0.29) is 6.03 Å². The van der Waals surface area contributed by atoms with Gasteiger partial charge in [0.1, 0.15) is 0 Å². The van der Waals surface area contributed by atoms with Crippen molar-refractivity contribution in [1.29, 1.82) is 0 Å². The minimum Gasteiger partial charge on any atom is -0.338 e. The zero-order valence-corrected chi connectivity index (χ0v) is 10.6. The van der Waals surface area contributed by atoms with E-state index in [0.717, 1.165) is 25.2 Å². The van der Waals surface area contributed by atoms with Gasteiger partial charge in [-0.3, -0.25) is 0 Å². The first kappa shape index (κ1) is 12.9. The molecular weight excluding hydrogens is 226 g/mol. The van der Waals surface area contributed by atoms with E-state index in [0.29, 0.717) is 12.5 Å². The Morgan fingerprint density at radius 1 is 1.28 bits per heavy atom. The molecular formula is C14H21N3O. The van der Waals surface area contributed by atoms with E-state index in [1.54, 1.807) is 0 Å². The van der Waals surface area contributed by atoms with Crippen LogP contribution in [0.4, 0.5) is 4.79 Å². The van der Waals surface area contributed by atoms with Crippen molar-refractivity contribution in [2.45, 2.75) is 19.4 Å². The number of carbonyl (C=O) groups is 1. The first-order chi connectivity index (χ1) is 8.84. The molecule has 1 saturated heterocycles. The summed E-state index contributed by atoms with van der Waals surface area (Å²) in [4.78, 5) is 11.6. The second-order valence-electron chi connectivity index (χ2n) is 4.76. The van der Waals surface area contributed by atoms with E-state index in [9.17, 15) is 4.79 Å². The molecule has 0 bridgehead atoms. The molecule has 1 atom stereocenters. The zero-order chi connectivity index (χ0) is 12.6. The first-order valence-corrected chi connectivity index (χ1v) is 6.61. The van der Waals surface area contributed by atoms with Crippen LogP contribution in [0.2, 0.25) is 0 Å². The smallest absolute Gasteiger partial charge is 0.315 e. The van der Waals surface area contributed by atoms with Gasteiger partial charge in [-0.2, -0.15) is 0 Å². The van der Waals surface area contributed by atoms with Gasteiger partial charge in [0.05, 0.1) is 0 Å². The van der Waals surface area contributed by atoms with Crippen molar-refractivity contribution < 1.29 is 4.79 Å². The minimum absolute atomic E-state index is 0.0792. The topological polar surface area (TPSA) is 53.2 Å². The average Bonchev–Trinajstić information content (AvgIpc) is 2.45. The first-order valence-electron chi connectivity index (χ1n) is 6.61. The van der Waals surface area contributed by atoms with Crippen LogP contribution in [0, 0.1) is 5.92 Å². The summed E-state index contributed by atoms with van der Waals surface area (Å²) >= 11 is 0. The summed E-state index contributed by atoms with van der Waals surface area (Å²) < 4.78 is 0. The molecule has 98 valence electrons. The van der Waals surface area contributed by atoms with Gasteiger partial charge in [0.2, 0.25) is 0 Å². The van der Waals surface area contributed by atoms with Crippen molar-refractivity contribution in [3.63, 3.8) is 0 Å². The van der Waals surface area contributed by atoms with E-state index >= 15 is 0 Å². The quantitative estimate of drug-likeness (QED) is 0.755. The molecule has 1 aliphatic heterocycles. The molecule has 1 fully saturated rings. The Morgan fingerprint density at radius 3 is 2.83 bits per heavy atom. The predicted octanol–water partition coefficient (Wildman–Crippen LogP) is 1.49. The number of hydrogen-bond acceptors (Lipinski definition) is 2. The van der Waals surface area contributed by atoms with Gasteiger partial charge in [-0.05, 0) is 37.4 Å². The zero-order valence-electron chi connectivity index (χ0n) is 10.6. The summed E-state index contributed by atoms with van der Waals surface area (Å²) in [5.74, 6) is 0.571. The minimum atomic E-state index is -0.0792. The number of amides is 2. The standard InChI is InChI=1S/C14H21N3O/c18-14(16-10-12-5-2-1-3-6-12)17-11-13-7-4-8-15-9-13/h1-3,5-6,13,15H,4,7-11H2,(H2,16,17,18). The molecule has 4 heteroatoms. The molecule has 1 heterocycles. The average molecular weight is 247 g/mol. The highest BCUT2D eigenvalue weighted by atomic mass is 16.2. The van der Waals surface area contributed by atoms with Crippen molar-refractivity contribution in [2.75, 3.05) is 19.6 Å². The molecule has 1 aromatic carbocycles. The molecule has 0 aliphatic carbocycles. The molecule has 1 unspecified atom stereocenters. The van der Waals surface area contributed by atoms with Gasteiger partial charge in [0, 0.05) is 13.1 Å². The highest BCUT2D eigenvalue weighted by Crippen LogP contribution is 2.07. The van der Waals surface area contributed by atoms with Gasteiger partial charge < -0.3 is 16.0 Å². The van der Waals surface area contributed by atoms with Crippen molar-refractivity contribution >= 4 is 6.03 Å². The van der Waals surface area contributed by atoms with Crippen LogP contribution in [0.3, 0.4) is 0 Å². The third-order valence-electron chi connectivity index (χ3n) is 3.25. The molecule has 0 saturated carbocycles. The summed E-state index contributed by atoms with van der Waals surface area (Å²) in [5, 5.41) is 9.15. The number of nitrogens with one attached hydrogen (secondary N) is 3. The number of benzene rings is 1. The summed E-state index contributed by atoms with van der Waals surface area (Å²) in [6.45, 7) is 3.46. The van der Waals surface area contributed by atoms with E-state index in [4.69, 9.17) is 0 Å². The monoisotopic (exact) mass is 247 g/mol. The van der Waals surface area contributed by atoms with E-state index in [2.05, 4.69) is 16.0 Å². The van der Waals surface area contributed by atoms with Crippen molar-refractivity contribution in [2.24, 2.45) is 5.92 Å². The predicted molar refractivity (Wildman–Crippen MR) is 72.3 cm³/mol. The highest BCUT2D eigenvalue weighted by Gasteiger charge is 2.13. The fourth-order valence-electron chi connectivity index (χ4n) is 2.18. The van der Waals surface area contributed by atoms with Gasteiger partial charge in [-0.1, -0.05) is 30.3 Å².